The number of ketones is 1. The maximum atomic E-state index is 12.5. The van der Waals surface area contributed by atoms with E-state index in [1.54, 1.807) is 6.92 Å². The molecule has 2 rings (SSSR count). The van der Waals surface area contributed by atoms with Crippen LogP contribution < -0.4 is 0 Å². The van der Waals surface area contributed by atoms with E-state index in [-0.39, 0.29) is 23.7 Å². The summed E-state index contributed by atoms with van der Waals surface area (Å²) >= 11 is 3.42. The maximum Gasteiger partial charge on any atom is 0.307 e. The van der Waals surface area contributed by atoms with Crippen molar-refractivity contribution in [1.82, 2.24) is 4.57 Å². The van der Waals surface area contributed by atoms with Gasteiger partial charge in [0.1, 0.15) is 0 Å². The van der Waals surface area contributed by atoms with Gasteiger partial charge in [-0.3, -0.25) is 9.59 Å². The minimum Gasteiger partial charge on any atom is -0.466 e. The smallest absolute Gasteiger partial charge is 0.307 e. The number of carbonyl (C=O) groups excluding carboxylic acids is 2. The number of fused-ring (bicyclic) bond motifs is 1. The minimum atomic E-state index is -0.198. The van der Waals surface area contributed by atoms with Crippen molar-refractivity contribution in [2.45, 2.75) is 45.6 Å². The Balaban J connectivity index is 2.28. The van der Waals surface area contributed by atoms with Crippen molar-refractivity contribution < 1.29 is 14.3 Å². The first-order valence-corrected chi connectivity index (χ1v) is 7.93. The molecular formula is C15H20BrNO3. The molecule has 4 nitrogen and oxygen atoms in total. The van der Waals surface area contributed by atoms with Gasteiger partial charge in [0.25, 0.3) is 0 Å². The van der Waals surface area contributed by atoms with Crippen LogP contribution in [0.4, 0.5) is 0 Å². The summed E-state index contributed by atoms with van der Waals surface area (Å²) in [6, 6.07) is 1.87. The molecule has 1 aromatic heterocycles. The summed E-state index contributed by atoms with van der Waals surface area (Å²) in [5.74, 6) is 0.0444. The highest BCUT2D eigenvalue weighted by Gasteiger charge is 2.30. The van der Waals surface area contributed by atoms with Gasteiger partial charge >= 0.3 is 5.97 Å². The van der Waals surface area contributed by atoms with Crippen molar-refractivity contribution in [2.24, 2.45) is 5.92 Å². The van der Waals surface area contributed by atoms with Gasteiger partial charge in [0, 0.05) is 22.6 Å². The Morgan fingerprint density at radius 1 is 1.45 bits per heavy atom. The highest BCUT2D eigenvalue weighted by atomic mass is 79.9. The molecule has 0 aliphatic carbocycles. The summed E-state index contributed by atoms with van der Waals surface area (Å²) in [5.41, 5.74) is 0.704. The second-order valence-electron chi connectivity index (χ2n) is 5.16. The van der Waals surface area contributed by atoms with Crippen LogP contribution in [0.25, 0.3) is 0 Å². The normalized spacial score (nSPS) is 22.2. The number of aromatic nitrogens is 1. The minimum absolute atomic E-state index is 0.0100. The molecule has 0 amide bonds. The van der Waals surface area contributed by atoms with Crippen LogP contribution in [0.3, 0.4) is 0 Å². The third kappa shape index (κ3) is 3.14. The first-order valence-electron chi connectivity index (χ1n) is 7.14. The molecule has 5 heteroatoms. The number of nitrogens with zero attached hydrogens (tertiary/aromatic N) is 1. The average Bonchev–Trinajstić information content (AvgIpc) is 2.75. The van der Waals surface area contributed by atoms with Gasteiger partial charge in [0.05, 0.1) is 18.7 Å². The van der Waals surface area contributed by atoms with E-state index in [9.17, 15) is 9.59 Å². The summed E-state index contributed by atoms with van der Waals surface area (Å²) in [6.07, 6.45) is 4.73. The van der Waals surface area contributed by atoms with E-state index < -0.39 is 0 Å². The predicted octanol–water partition coefficient (Wildman–Crippen LogP) is 3.75. The predicted molar refractivity (Wildman–Crippen MR) is 79.8 cm³/mol. The number of rotatable bonds is 4. The monoisotopic (exact) mass is 341 g/mol. The lowest BCUT2D eigenvalue weighted by molar-refractivity contribution is -0.144. The van der Waals surface area contributed by atoms with Crippen LogP contribution in [0.5, 0.6) is 0 Å². The van der Waals surface area contributed by atoms with E-state index in [1.807, 2.05) is 23.8 Å². The zero-order valence-electron chi connectivity index (χ0n) is 11.9. The summed E-state index contributed by atoms with van der Waals surface area (Å²) in [7, 11) is 0. The SMILES string of the molecule is CCOC(=O)CC1CCC(CC)C(=O)c2cc(Br)cn21. The molecule has 0 N–H and O–H groups in total. The van der Waals surface area contributed by atoms with Crippen molar-refractivity contribution in [3.8, 4) is 0 Å². The summed E-state index contributed by atoms with van der Waals surface area (Å²) in [6.45, 7) is 4.24. The van der Waals surface area contributed by atoms with E-state index >= 15 is 0 Å². The lowest BCUT2D eigenvalue weighted by Crippen LogP contribution is -2.17. The quantitative estimate of drug-likeness (QED) is 0.783. The Labute approximate surface area is 127 Å². The number of ether oxygens (including phenoxy) is 1. The van der Waals surface area contributed by atoms with Crippen LogP contribution in [-0.4, -0.2) is 22.9 Å². The molecule has 2 atom stereocenters. The zero-order valence-corrected chi connectivity index (χ0v) is 13.5. The molecular weight excluding hydrogens is 322 g/mol. The lowest BCUT2D eigenvalue weighted by atomic mass is 9.93. The largest absolute Gasteiger partial charge is 0.466 e. The van der Waals surface area contributed by atoms with Crippen molar-refractivity contribution in [1.29, 1.82) is 0 Å². The fourth-order valence-corrected chi connectivity index (χ4v) is 3.26. The van der Waals surface area contributed by atoms with Crippen LogP contribution in [-0.2, 0) is 9.53 Å². The molecule has 110 valence electrons. The van der Waals surface area contributed by atoms with Crippen LogP contribution in [0, 0.1) is 5.92 Å². The van der Waals surface area contributed by atoms with Crippen LogP contribution in [0.1, 0.15) is 56.1 Å². The van der Waals surface area contributed by atoms with Gasteiger partial charge in [0.2, 0.25) is 0 Å². The third-order valence-corrected chi connectivity index (χ3v) is 4.31. The molecule has 0 radical (unpaired) electrons. The van der Waals surface area contributed by atoms with Gasteiger partial charge in [0.15, 0.2) is 5.78 Å². The van der Waals surface area contributed by atoms with E-state index in [2.05, 4.69) is 15.9 Å². The van der Waals surface area contributed by atoms with Crippen LogP contribution >= 0.6 is 15.9 Å². The molecule has 1 aliphatic heterocycles. The molecule has 0 saturated carbocycles. The molecule has 20 heavy (non-hydrogen) atoms. The Kier molecular flexibility index (Phi) is 5.02. The van der Waals surface area contributed by atoms with Gasteiger partial charge in [-0.05, 0) is 48.2 Å². The second-order valence-corrected chi connectivity index (χ2v) is 6.08. The Hall–Kier alpha value is -1.10. The second kappa shape index (κ2) is 6.57. The molecule has 0 fully saturated rings. The van der Waals surface area contributed by atoms with Crippen molar-refractivity contribution in [3.05, 3.63) is 22.4 Å². The summed E-state index contributed by atoms with van der Waals surface area (Å²) < 4.78 is 7.86. The number of halogens is 1. The molecule has 0 spiro atoms. The number of hydrogen-bond acceptors (Lipinski definition) is 3. The summed E-state index contributed by atoms with van der Waals surface area (Å²) in [4.78, 5) is 24.2. The lowest BCUT2D eigenvalue weighted by Gasteiger charge is -2.17. The number of Topliss-reactive ketones (excluding diaryl/α,β-unsaturated/α-hetero) is 1. The first-order chi connectivity index (χ1) is 9.56. The van der Waals surface area contributed by atoms with E-state index in [4.69, 9.17) is 4.74 Å². The number of esters is 1. The van der Waals surface area contributed by atoms with Crippen molar-refractivity contribution in [2.75, 3.05) is 6.61 Å². The molecule has 1 aromatic rings. The van der Waals surface area contributed by atoms with Gasteiger partial charge in [-0.15, -0.1) is 0 Å². The van der Waals surface area contributed by atoms with E-state index in [1.165, 1.54) is 0 Å². The van der Waals surface area contributed by atoms with E-state index in [0.29, 0.717) is 18.7 Å². The fraction of sp³-hybridized carbons (Fsp3) is 0.600. The Bertz CT molecular complexity index is 509. The molecule has 0 saturated heterocycles. The Morgan fingerprint density at radius 3 is 2.85 bits per heavy atom. The first kappa shape index (κ1) is 15.3. The average molecular weight is 342 g/mol. The van der Waals surface area contributed by atoms with Gasteiger partial charge in [-0.1, -0.05) is 6.92 Å². The fourth-order valence-electron chi connectivity index (χ4n) is 2.82. The zero-order chi connectivity index (χ0) is 14.7. The van der Waals surface area contributed by atoms with Gasteiger partial charge in [-0.25, -0.2) is 0 Å². The molecule has 2 unspecified atom stereocenters. The maximum absolute atomic E-state index is 12.5. The molecule has 0 bridgehead atoms. The number of hydrogen-bond donors (Lipinski definition) is 0. The van der Waals surface area contributed by atoms with Gasteiger partial charge < -0.3 is 9.30 Å². The van der Waals surface area contributed by atoms with Crippen LogP contribution in [0.15, 0.2) is 16.7 Å². The Morgan fingerprint density at radius 2 is 2.20 bits per heavy atom. The van der Waals surface area contributed by atoms with Gasteiger partial charge in [-0.2, -0.15) is 0 Å². The highest BCUT2D eigenvalue weighted by Crippen LogP contribution is 2.33. The van der Waals surface area contributed by atoms with Crippen LogP contribution in [0.2, 0.25) is 0 Å². The standard InChI is InChI=1S/C15H20BrNO3/c1-3-10-5-6-12(8-14(18)20-4-2)17-9-11(16)7-13(17)15(10)19/h7,9-10,12H,3-6,8H2,1-2H3. The molecule has 2 heterocycles. The highest BCUT2D eigenvalue weighted by molar-refractivity contribution is 9.10. The van der Waals surface area contributed by atoms with E-state index in [0.717, 1.165) is 23.7 Å². The summed E-state index contributed by atoms with van der Waals surface area (Å²) in [5, 5.41) is 0. The third-order valence-electron chi connectivity index (χ3n) is 3.88. The number of carbonyl (C=O) groups is 2. The van der Waals surface area contributed by atoms with Crippen molar-refractivity contribution in [3.63, 3.8) is 0 Å². The molecule has 0 aromatic carbocycles. The topological polar surface area (TPSA) is 48.3 Å². The van der Waals surface area contributed by atoms with Crippen molar-refractivity contribution >= 4 is 27.7 Å². The molecule has 1 aliphatic rings.